The molecule has 0 aromatic rings. The summed E-state index contributed by atoms with van der Waals surface area (Å²) >= 11 is 0. The van der Waals surface area contributed by atoms with Crippen LogP contribution in [0.15, 0.2) is 10.2 Å². The second-order valence-electron chi connectivity index (χ2n) is 0.893. The SMILES string of the molecule is CNC1N=N1. The summed E-state index contributed by atoms with van der Waals surface area (Å²) in [6, 6.07) is 0. The summed E-state index contributed by atoms with van der Waals surface area (Å²) < 4.78 is 0. The van der Waals surface area contributed by atoms with Crippen LogP contribution < -0.4 is 5.32 Å². The molecule has 0 saturated carbocycles. The van der Waals surface area contributed by atoms with E-state index in [1.165, 1.54) is 0 Å². The summed E-state index contributed by atoms with van der Waals surface area (Å²) in [5.74, 6) is 0. The first-order valence-corrected chi connectivity index (χ1v) is 1.51. The highest BCUT2D eigenvalue weighted by molar-refractivity contribution is 4.61. The van der Waals surface area contributed by atoms with E-state index in [1.807, 2.05) is 7.05 Å². The van der Waals surface area contributed by atoms with Crippen molar-refractivity contribution in [2.75, 3.05) is 7.05 Å². The van der Waals surface area contributed by atoms with E-state index >= 15 is 0 Å². The van der Waals surface area contributed by atoms with Crippen LogP contribution in [0.4, 0.5) is 0 Å². The van der Waals surface area contributed by atoms with E-state index in [0.717, 1.165) is 0 Å². The van der Waals surface area contributed by atoms with Gasteiger partial charge in [0.05, 0.1) is 0 Å². The smallest absolute Gasteiger partial charge is 0.232 e. The molecule has 0 aromatic heterocycles. The molecule has 0 atom stereocenters. The summed E-state index contributed by atoms with van der Waals surface area (Å²) in [5.41, 5.74) is 0. The first-order valence-electron chi connectivity index (χ1n) is 1.51. The minimum Gasteiger partial charge on any atom is -0.277 e. The summed E-state index contributed by atoms with van der Waals surface area (Å²) in [6.07, 6.45) is 0.134. The highest BCUT2D eigenvalue weighted by Gasteiger charge is 2.08. The molecular formula is C2H5N3. The molecular weight excluding hydrogens is 66.0 g/mol. The van der Waals surface area contributed by atoms with Crippen LogP contribution in [0.2, 0.25) is 0 Å². The first-order chi connectivity index (χ1) is 2.43. The Morgan fingerprint density at radius 3 is 2.20 bits per heavy atom. The second-order valence-corrected chi connectivity index (χ2v) is 0.893. The fourth-order valence-corrected chi connectivity index (χ4v) is 0.149. The van der Waals surface area contributed by atoms with Gasteiger partial charge in [0.1, 0.15) is 0 Å². The van der Waals surface area contributed by atoms with Crippen molar-refractivity contribution in [3.05, 3.63) is 0 Å². The molecule has 5 heavy (non-hydrogen) atoms. The molecule has 0 aliphatic carbocycles. The predicted molar refractivity (Wildman–Crippen MR) is 17.7 cm³/mol. The van der Waals surface area contributed by atoms with Crippen molar-refractivity contribution in [3.63, 3.8) is 0 Å². The average molecular weight is 71.1 g/mol. The largest absolute Gasteiger partial charge is 0.277 e. The fourth-order valence-electron chi connectivity index (χ4n) is 0.149. The van der Waals surface area contributed by atoms with Crippen molar-refractivity contribution in [1.29, 1.82) is 0 Å². The van der Waals surface area contributed by atoms with E-state index in [1.54, 1.807) is 0 Å². The van der Waals surface area contributed by atoms with Crippen molar-refractivity contribution < 1.29 is 0 Å². The lowest BCUT2D eigenvalue weighted by Crippen LogP contribution is -2.08. The number of hydrogen-bond acceptors (Lipinski definition) is 3. The molecule has 1 rings (SSSR count). The predicted octanol–water partition coefficient (Wildman–Crippen LogP) is -0.0448. The van der Waals surface area contributed by atoms with E-state index in [2.05, 4.69) is 15.5 Å². The highest BCUT2D eigenvalue weighted by atomic mass is 15.5. The zero-order valence-corrected chi connectivity index (χ0v) is 2.97. The Hall–Kier alpha value is -0.440. The van der Waals surface area contributed by atoms with Crippen LogP contribution in [0, 0.1) is 0 Å². The molecule has 1 aliphatic rings. The number of nitrogens with zero attached hydrogens (tertiary/aromatic N) is 2. The average Bonchev–Trinajstić information content (AvgIpc) is 2.12. The van der Waals surface area contributed by atoms with E-state index in [4.69, 9.17) is 0 Å². The number of rotatable bonds is 1. The minimum absolute atomic E-state index is 0.134. The molecule has 3 nitrogen and oxygen atoms in total. The maximum Gasteiger partial charge on any atom is 0.232 e. The number of nitrogens with one attached hydrogen (secondary N) is 1. The van der Waals surface area contributed by atoms with Crippen molar-refractivity contribution in [3.8, 4) is 0 Å². The standard InChI is InChI=1S/C2H5N3/c1-3-2-4-5-2/h2-3H,1H3. The van der Waals surface area contributed by atoms with E-state index in [-0.39, 0.29) is 6.29 Å². The van der Waals surface area contributed by atoms with E-state index < -0.39 is 0 Å². The first kappa shape index (κ1) is 2.78. The minimum atomic E-state index is 0.134. The van der Waals surface area contributed by atoms with Gasteiger partial charge in [0.25, 0.3) is 0 Å². The van der Waals surface area contributed by atoms with E-state index in [0.29, 0.717) is 0 Å². The van der Waals surface area contributed by atoms with Crippen LogP contribution in [-0.2, 0) is 0 Å². The van der Waals surface area contributed by atoms with Gasteiger partial charge in [-0.3, -0.25) is 5.32 Å². The molecule has 1 N–H and O–H groups in total. The lowest BCUT2D eigenvalue weighted by Gasteiger charge is -1.75. The Morgan fingerprint density at radius 2 is 2.20 bits per heavy atom. The summed E-state index contributed by atoms with van der Waals surface area (Å²) in [4.78, 5) is 0. The second kappa shape index (κ2) is 0.755. The maximum absolute atomic E-state index is 3.53. The van der Waals surface area contributed by atoms with Crippen molar-refractivity contribution in [2.45, 2.75) is 6.29 Å². The topological polar surface area (TPSA) is 36.8 Å². The third-order valence-corrected chi connectivity index (χ3v) is 0.489. The van der Waals surface area contributed by atoms with Gasteiger partial charge in [-0.25, -0.2) is 0 Å². The van der Waals surface area contributed by atoms with Gasteiger partial charge in [-0.05, 0) is 7.05 Å². The Kier molecular flexibility index (Phi) is 0.420. The van der Waals surface area contributed by atoms with Crippen molar-refractivity contribution in [1.82, 2.24) is 5.32 Å². The van der Waals surface area contributed by atoms with Gasteiger partial charge >= 0.3 is 0 Å². The van der Waals surface area contributed by atoms with Crippen LogP contribution in [-0.4, -0.2) is 13.3 Å². The molecule has 0 aromatic carbocycles. The Bertz CT molecular complexity index is 51.9. The van der Waals surface area contributed by atoms with Gasteiger partial charge in [0.2, 0.25) is 6.29 Å². The number of hydrogen-bond donors (Lipinski definition) is 1. The lowest BCUT2D eigenvalue weighted by molar-refractivity contribution is 0.772. The van der Waals surface area contributed by atoms with Gasteiger partial charge in [0.15, 0.2) is 0 Å². The van der Waals surface area contributed by atoms with Gasteiger partial charge in [0, 0.05) is 0 Å². The molecule has 3 heteroatoms. The lowest BCUT2D eigenvalue weighted by atomic mass is 11.0. The van der Waals surface area contributed by atoms with Crippen molar-refractivity contribution >= 4 is 0 Å². The molecule has 0 amide bonds. The highest BCUT2D eigenvalue weighted by Crippen LogP contribution is 2.02. The quantitative estimate of drug-likeness (QED) is 0.462. The molecule has 1 aliphatic heterocycles. The third kappa shape index (κ3) is 0.417. The van der Waals surface area contributed by atoms with E-state index in [9.17, 15) is 0 Å². The van der Waals surface area contributed by atoms with Gasteiger partial charge in [-0.2, -0.15) is 0 Å². The van der Waals surface area contributed by atoms with Crippen LogP contribution >= 0.6 is 0 Å². The molecule has 0 unspecified atom stereocenters. The molecule has 0 radical (unpaired) electrons. The van der Waals surface area contributed by atoms with Gasteiger partial charge < -0.3 is 0 Å². The monoisotopic (exact) mass is 71.0 g/mol. The van der Waals surface area contributed by atoms with Gasteiger partial charge in [-0.1, -0.05) is 0 Å². The van der Waals surface area contributed by atoms with Gasteiger partial charge in [-0.15, -0.1) is 10.2 Å². The van der Waals surface area contributed by atoms with Crippen LogP contribution in [0.5, 0.6) is 0 Å². The summed E-state index contributed by atoms with van der Waals surface area (Å²) in [5, 5.41) is 9.88. The third-order valence-electron chi connectivity index (χ3n) is 0.489. The van der Waals surface area contributed by atoms with Crippen LogP contribution in [0.3, 0.4) is 0 Å². The molecule has 0 fully saturated rings. The Morgan fingerprint density at radius 1 is 1.60 bits per heavy atom. The Labute approximate surface area is 30.1 Å². The normalized spacial score (nSPS) is 20.2. The fraction of sp³-hybridized carbons (Fsp3) is 1.00. The molecule has 1 heterocycles. The molecule has 0 saturated heterocycles. The molecule has 28 valence electrons. The van der Waals surface area contributed by atoms with Crippen LogP contribution in [0.1, 0.15) is 0 Å². The summed E-state index contributed by atoms with van der Waals surface area (Å²) in [7, 11) is 1.82. The summed E-state index contributed by atoms with van der Waals surface area (Å²) in [6.45, 7) is 0. The molecule has 0 spiro atoms. The van der Waals surface area contributed by atoms with Crippen molar-refractivity contribution in [2.24, 2.45) is 10.2 Å². The Balaban J connectivity index is 2.06. The zero-order valence-electron chi connectivity index (χ0n) is 2.97. The zero-order chi connectivity index (χ0) is 3.70. The maximum atomic E-state index is 3.53. The molecule has 0 bridgehead atoms. The van der Waals surface area contributed by atoms with Crippen LogP contribution in [0.25, 0.3) is 0 Å².